The van der Waals surface area contributed by atoms with Gasteiger partial charge in [0.2, 0.25) is 0 Å². The number of benzene rings is 2. The van der Waals surface area contributed by atoms with Crippen molar-refractivity contribution in [3.8, 4) is 0 Å². The Balaban J connectivity index is 1.46. The van der Waals surface area contributed by atoms with Crippen molar-refractivity contribution < 1.29 is 14.3 Å². The molecule has 33 heavy (non-hydrogen) atoms. The number of esters is 1. The molecule has 2 unspecified atom stereocenters. The van der Waals surface area contributed by atoms with E-state index in [9.17, 15) is 9.59 Å². The third-order valence-corrected chi connectivity index (χ3v) is 6.93. The van der Waals surface area contributed by atoms with Gasteiger partial charge in [0.15, 0.2) is 6.61 Å². The van der Waals surface area contributed by atoms with Gasteiger partial charge in [0.05, 0.1) is 17.7 Å². The van der Waals surface area contributed by atoms with E-state index in [1.54, 1.807) is 0 Å². The second kappa shape index (κ2) is 9.32. The van der Waals surface area contributed by atoms with E-state index in [0.29, 0.717) is 10.0 Å². The lowest BCUT2D eigenvalue weighted by Crippen LogP contribution is -2.34. The highest BCUT2D eigenvalue weighted by Crippen LogP contribution is 2.44. The summed E-state index contributed by atoms with van der Waals surface area (Å²) in [6.45, 7) is -0.293. The Morgan fingerprint density at radius 3 is 2.33 bits per heavy atom. The summed E-state index contributed by atoms with van der Waals surface area (Å²) in [5.74, 6) is -0.580. The van der Waals surface area contributed by atoms with Gasteiger partial charge in [-0.15, -0.1) is 0 Å². The third kappa shape index (κ3) is 4.85. The molecule has 1 aliphatic heterocycles. The number of carbonyl (C=O) groups excluding carboxylic acids is 2. The maximum Gasteiger partial charge on any atom is 0.309 e. The summed E-state index contributed by atoms with van der Waals surface area (Å²) in [7, 11) is 0. The molecule has 0 bridgehead atoms. The average Bonchev–Trinajstić information content (AvgIpc) is 3.60. The SMILES string of the molecule is O=C(OCC(=O)N1N=C2C(=Cc3ccc(Cl)cc3)CCCC2C1c1ccc(Cl)cc1)C1CC1. The lowest BCUT2D eigenvalue weighted by molar-refractivity contribution is -0.154. The number of nitrogens with zero attached hydrogens (tertiary/aromatic N) is 2. The lowest BCUT2D eigenvalue weighted by atomic mass is 9.77. The molecule has 0 N–H and O–H groups in total. The van der Waals surface area contributed by atoms with Gasteiger partial charge in [-0.25, -0.2) is 5.01 Å². The Morgan fingerprint density at radius 1 is 1.00 bits per heavy atom. The Labute approximate surface area is 203 Å². The van der Waals surface area contributed by atoms with Gasteiger partial charge in [-0.05, 0) is 79.1 Å². The average molecular weight is 483 g/mol. The second-order valence-electron chi connectivity index (χ2n) is 8.82. The first-order valence-corrected chi connectivity index (χ1v) is 12.0. The van der Waals surface area contributed by atoms with Crippen LogP contribution in [0.2, 0.25) is 10.0 Å². The minimum Gasteiger partial charge on any atom is -0.455 e. The van der Waals surface area contributed by atoms with Crippen LogP contribution in [0.3, 0.4) is 0 Å². The molecule has 2 saturated carbocycles. The molecular formula is C26H24Cl2N2O3. The van der Waals surface area contributed by atoms with Crippen molar-refractivity contribution in [2.45, 2.75) is 38.1 Å². The van der Waals surface area contributed by atoms with Crippen LogP contribution in [0.25, 0.3) is 6.08 Å². The van der Waals surface area contributed by atoms with Crippen LogP contribution in [0.5, 0.6) is 0 Å². The van der Waals surface area contributed by atoms with Gasteiger partial charge in [0, 0.05) is 16.0 Å². The fourth-order valence-corrected chi connectivity index (χ4v) is 4.85. The van der Waals surface area contributed by atoms with E-state index in [-0.39, 0.29) is 36.4 Å². The third-order valence-electron chi connectivity index (χ3n) is 6.43. The van der Waals surface area contributed by atoms with Crippen LogP contribution in [0.4, 0.5) is 0 Å². The van der Waals surface area contributed by atoms with Gasteiger partial charge in [-0.3, -0.25) is 9.59 Å². The number of fused-ring (bicyclic) bond motifs is 1. The monoisotopic (exact) mass is 482 g/mol. The van der Waals surface area contributed by atoms with E-state index < -0.39 is 0 Å². The largest absolute Gasteiger partial charge is 0.455 e. The molecule has 2 atom stereocenters. The predicted molar refractivity (Wildman–Crippen MR) is 129 cm³/mol. The van der Waals surface area contributed by atoms with Gasteiger partial charge in [0.1, 0.15) is 0 Å². The van der Waals surface area contributed by atoms with Crippen molar-refractivity contribution in [1.29, 1.82) is 0 Å². The number of carbonyl (C=O) groups is 2. The van der Waals surface area contributed by atoms with E-state index in [0.717, 1.165) is 54.5 Å². The molecule has 5 rings (SSSR count). The molecule has 1 amide bonds. The van der Waals surface area contributed by atoms with Crippen LogP contribution >= 0.6 is 23.2 Å². The van der Waals surface area contributed by atoms with Gasteiger partial charge in [0.25, 0.3) is 5.91 Å². The number of allylic oxidation sites excluding steroid dienone is 1. The number of halogens is 2. The maximum atomic E-state index is 13.2. The highest BCUT2D eigenvalue weighted by atomic mass is 35.5. The molecule has 3 aliphatic rings. The second-order valence-corrected chi connectivity index (χ2v) is 9.69. The van der Waals surface area contributed by atoms with Crippen molar-refractivity contribution >= 4 is 46.9 Å². The Hall–Kier alpha value is -2.63. The van der Waals surface area contributed by atoms with Crippen LogP contribution < -0.4 is 0 Å². The van der Waals surface area contributed by atoms with Crippen molar-refractivity contribution in [3.63, 3.8) is 0 Å². The molecule has 0 radical (unpaired) electrons. The molecule has 0 spiro atoms. The molecule has 7 heteroatoms. The fourth-order valence-electron chi connectivity index (χ4n) is 4.60. The highest BCUT2D eigenvalue weighted by molar-refractivity contribution is 6.30. The van der Waals surface area contributed by atoms with E-state index in [2.05, 4.69) is 6.08 Å². The van der Waals surface area contributed by atoms with E-state index in [4.69, 9.17) is 33.0 Å². The molecule has 2 aromatic rings. The highest BCUT2D eigenvalue weighted by Gasteiger charge is 2.44. The molecule has 1 heterocycles. The van der Waals surface area contributed by atoms with Crippen molar-refractivity contribution in [2.24, 2.45) is 16.9 Å². The van der Waals surface area contributed by atoms with E-state index in [1.807, 2.05) is 48.5 Å². The molecule has 0 saturated heterocycles. The molecule has 2 aliphatic carbocycles. The number of hydrogen-bond acceptors (Lipinski definition) is 4. The number of rotatable bonds is 5. The Bertz CT molecular complexity index is 1120. The Morgan fingerprint density at radius 2 is 1.67 bits per heavy atom. The summed E-state index contributed by atoms with van der Waals surface area (Å²) in [4.78, 5) is 25.2. The summed E-state index contributed by atoms with van der Waals surface area (Å²) >= 11 is 12.2. The lowest BCUT2D eigenvalue weighted by Gasteiger charge is -2.29. The summed E-state index contributed by atoms with van der Waals surface area (Å²) in [6, 6.07) is 15.0. The topological polar surface area (TPSA) is 59.0 Å². The minimum absolute atomic E-state index is 0.0498. The number of ether oxygens (including phenoxy) is 1. The first kappa shape index (κ1) is 22.2. The molecular weight excluding hydrogens is 459 g/mol. The zero-order chi connectivity index (χ0) is 22.9. The zero-order valence-electron chi connectivity index (χ0n) is 18.0. The molecule has 170 valence electrons. The van der Waals surface area contributed by atoms with E-state index >= 15 is 0 Å². The first-order chi connectivity index (χ1) is 16.0. The van der Waals surface area contributed by atoms with Crippen LogP contribution in [0.15, 0.2) is 59.2 Å². The predicted octanol–water partition coefficient (Wildman–Crippen LogP) is 6.07. The van der Waals surface area contributed by atoms with Crippen LogP contribution in [-0.4, -0.2) is 29.2 Å². The van der Waals surface area contributed by atoms with Gasteiger partial charge in [-0.1, -0.05) is 47.5 Å². The number of amides is 1. The molecule has 2 fully saturated rings. The summed E-state index contributed by atoms with van der Waals surface area (Å²) in [5, 5.41) is 7.66. The summed E-state index contributed by atoms with van der Waals surface area (Å²) in [6.07, 6.45) is 6.63. The maximum absolute atomic E-state index is 13.2. The summed E-state index contributed by atoms with van der Waals surface area (Å²) in [5.41, 5.74) is 4.07. The van der Waals surface area contributed by atoms with Crippen molar-refractivity contribution in [1.82, 2.24) is 5.01 Å². The molecule has 2 aromatic carbocycles. The van der Waals surface area contributed by atoms with Crippen LogP contribution in [-0.2, 0) is 14.3 Å². The zero-order valence-corrected chi connectivity index (χ0v) is 19.6. The summed E-state index contributed by atoms with van der Waals surface area (Å²) < 4.78 is 5.28. The van der Waals surface area contributed by atoms with Crippen molar-refractivity contribution in [2.75, 3.05) is 6.61 Å². The molecule has 0 aromatic heterocycles. The minimum atomic E-state index is -0.309. The number of hydrazone groups is 1. The van der Waals surface area contributed by atoms with Gasteiger partial charge in [-0.2, -0.15) is 5.10 Å². The normalized spacial score (nSPS) is 23.3. The van der Waals surface area contributed by atoms with E-state index in [1.165, 1.54) is 5.01 Å². The number of hydrogen-bond donors (Lipinski definition) is 0. The quantitative estimate of drug-likeness (QED) is 0.485. The Kier molecular flexibility index (Phi) is 6.26. The fraction of sp³-hybridized carbons (Fsp3) is 0.346. The van der Waals surface area contributed by atoms with Crippen LogP contribution in [0.1, 0.15) is 49.3 Å². The van der Waals surface area contributed by atoms with Gasteiger partial charge < -0.3 is 4.74 Å². The smallest absolute Gasteiger partial charge is 0.309 e. The van der Waals surface area contributed by atoms with Crippen LogP contribution in [0, 0.1) is 11.8 Å². The van der Waals surface area contributed by atoms with Crippen molar-refractivity contribution in [3.05, 3.63) is 75.3 Å². The standard InChI is InChI=1S/C26H24Cl2N2O3/c27-20-10-4-16(5-11-20)14-19-2-1-3-22-24(19)29-30(23(31)15-33-26(32)18-6-7-18)25(22)17-8-12-21(28)13-9-17/h4-5,8-14,18,22,25H,1-3,6-7,15H2. The first-order valence-electron chi connectivity index (χ1n) is 11.3. The van der Waals surface area contributed by atoms with Gasteiger partial charge >= 0.3 is 5.97 Å². The molecule has 5 nitrogen and oxygen atoms in total.